The molecule has 0 saturated carbocycles. The Labute approximate surface area is 72.4 Å². The van der Waals surface area contributed by atoms with E-state index in [0.717, 1.165) is 30.8 Å². The fraction of sp³-hybridized carbons (Fsp3) is 0.625. The van der Waals surface area contributed by atoms with Gasteiger partial charge in [0, 0.05) is 12.1 Å². The van der Waals surface area contributed by atoms with Crippen LogP contribution in [0.15, 0.2) is 6.20 Å². The van der Waals surface area contributed by atoms with Crippen molar-refractivity contribution in [1.82, 2.24) is 15.4 Å². The Hall–Kier alpha value is -1.19. The highest BCUT2D eigenvalue weighted by Crippen LogP contribution is 2.08. The molecule has 1 aromatic heterocycles. The monoisotopic (exact) mass is 166 g/mol. The van der Waals surface area contributed by atoms with E-state index in [1.807, 2.05) is 0 Å². The van der Waals surface area contributed by atoms with Crippen LogP contribution in [0.25, 0.3) is 0 Å². The summed E-state index contributed by atoms with van der Waals surface area (Å²) in [4.78, 5) is 0. The molecule has 0 aliphatic rings. The van der Waals surface area contributed by atoms with Gasteiger partial charge in [0.1, 0.15) is 0 Å². The minimum Gasteiger partial charge on any atom is -0.368 e. The second-order valence-corrected chi connectivity index (χ2v) is 2.59. The Morgan fingerprint density at radius 1 is 1.42 bits per heavy atom. The third-order valence-corrected chi connectivity index (χ3v) is 1.64. The van der Waals surface area contributed by atoms with E-state index in [1.54, 1.807) is 6.20 Å². The predicted octanol–water partition coefficient (Wildman–Crippen LogP) is 1.26. The van der Waals surface area contributed by atoms with E-state index in [4.69, 9.17) is 0 Å². The van der Waals surface area contributed by atoms with Gasteiger partial charge < -0.3 is 5.32 Å². The Bertz CT molecular complexity index is 236. The number of aromatic nitrogens is 3. The van der Waals surface area contributed by atoms with Gasteiger partial charge in [0.05, 0.1) is 6.20 Å². The lowest BCUT2D eigenvalue weighted by molar-refractivity contribution is 0.832. The summed E-state index contributed by atoms with van der Waals surface area (Å²) < 4.78 is 0. The van der Waals surface area contributed by atoms with E-state index in [2.05, 4.69) is 34.6 Å². The van der Waals surface area contributed by atoms with Gasteiger partial charge in [-0.2, -0.15) is 0 Å². The molecule has 0 bridgehead atoms. The van der Waals surface area contributed by atoms with Crippen LogP contribution >= 0.6 is 0 Å². The summed E-state index contributed by atoms with van der Waals surface area (Å²) in [5.74, 6) is 0.870. The molecule has 0 fully saturated rings. The van der Waals surface area contributed by atoms with Crippen LogP contribution in [0.1, 0.15) is 25.8 Å². The molecular weight excluding hydrogens is 152 g/mol. The van der Waals surface area contributed by atoms with Gasteiger partial charge in [0.2, 0.25) is 0 Å². The first kappa shape index (κ1) is 8.90. The van der Waals surface area contributed by atoms with E-state index in [1.165, 1.54) is 0 Å². The second-order valence-electron chi connectivity index (χ2n) is 2.59. The van der Waals surface area contributed by atoms with Crippen LogP contribution in [-0.4, -0.2) is 22.0 Å². The molecule has 0 aromatic carbocycles. The number of hydrogen-bond acceptors (Lipinski definition) is 4. The minimum absolute atomic E-state index is 0.870. The molecule has 1 heterocycles. The minimum atomic E-state index is 0.870. The SMILES string of the molecule is CCCNc1nnncc1CC. The van der Waals surface area contributed by atoms with Gasteiger partial charge in [-0.3, -0.25) is 0 Å². The normalized spacial score (nSPS) is 9.83. The summed E-state index contributed by atoms with van der Waals surface area (Å²) >= 11 is 0. The molecule has 0 saturated heterocycles. The molecule has 0 unspecified atom stereocenters. The number of aryl methyl sites for hydroxylation is 1. The fourth-order valence-corrected chi connectivity index (χ4v) is 0.942. The van der Waals surface area contributed by atoms with Gasteiger partial charge in [-0.1, -0.05) is 13.8 Å². The molecule has 0 radical (unpaired) electrons. The summed E-state index contributed by atoms with van der Waals surface area (Å²) in [6, 6.07) is 0. The maximum atomic E-state index is 3.91. The third kappa shape index (κ3) is 2.15. The number of nitrogens with zero attached hydrogens (tertiary/aromatic N) is 3. The summed E-state index contributed by atoms with van der Waals surface area (Å²) in [6.07, 6.45) is 3.78. The van der Waals surface area contributed by atoms with Gasteiger partial charge in [-0.25, -0.2) is 0 Å². The zero-order chi connectivity index (χ0) is 8.81. The van der Waals surface area contributed by atoms with Crippen LogP contribution in [0, 0.1) is 0 Å². The molecule has 0 aliphatic carbocycles. The highest BCUT2D eigenvalue weighted by atomic mass is 15.3. The average molecular weight is 166 g/mol. The van der Waals surface area contributed by atoms with Crippen LogP contribution in [-0.2, 0) is 6.42 Å². The standard InChI is InChI=1S/C8H14N4/c1-3-5-9-8-7(4-2)6-10-12-11-8/h6H,3-5H2,1-2H3,(H,9,10,11). The van der Waals surface area contributed by atoms with Crippen molar-refractivity contribution in [2.24, 2.45) is 0 Å². The number of rotatable bonds is 4. The second kappa shape index (κ2) is 4.64. The van der Waals surface area contributed by atoms with Gasteiger partial charge in [-0.15, -0.1) is 10.2 Å². The molecule has 0 atom stereocenters. The highest BCUT2D eigenvalue weighted by Gasteiger charge is 2.00. The topological polar surface area (TPSA) is 50.7 Å². The molecule has 0 spiro atoms. The number of anilines is 1. The van der Waals surface area contributed by atoms with E-state index < -0.39 is 0 Å². The van der Waals surface area contributed by atoms with Crippen LogP contribution in [0.3, 0.4) is 0 Å². The Morgan fingerprint density at radius 3 is 2.92 bits per heavy atom. The first-order valence-corrected chi connectivity index (χ1v) is 4.29. The van der Waals surface area contributed by atoms with Crippen molar-refractivity contribution in [2.45, 2.75) is 26.7 Å². The summed E-state index contributed by atoms with van der Waals surface area (Å²) in [5, 5.41) is 14.4. The van der Waals surface area contributed by atoms with Crippen LogP contribution in [0.5, 0.6) is 0 Å². The molecule has 0 amide bonds. The van der Waals surface area contributed by atoms with Gasteiger partial charge in [0.25, 0.3) is 0 Å². The molecule has 0 aliphatic heterocycles. The smallest absolute Gasteiger partial charge is 0.155 e. The van der Waals surface area contributed by atoms with Gasteiger partial charge in [0.15, 0.2) is 5.82 Å². The van der Waals surface area contributed by atoms with Crippen molar-refractivity contribution in [3.8, 4) is 0 Å². The van der Waals surface area contributed by atoms with Crippen molar-refractivity contribution >= 4 is 5.82 Å². The fourth-order valence-electron chi connectivity index (χ4n) is 0.942. The highest BCUT2D eigenvalue weighted by molar-refractivity contribution is 5.40. The zero-order valence-corrected chi connectivity index (χ0v) is 7.54. The summed E-state index contributed by atoms with van der Waals surface area (Å²) in [7, 11) is 0. The Balaban J connectivity index is 2.68. The van der Waals surface area contributed by atoms with Crippen LogP contribution < -0.4 is 5.32 Å². The molecule has 4 heteroatoms. The molecule has 66 valence electrons. The summed E-state index contributed by atoms with van der Waals surface area (Å²) in [5.41, 5.74) is 1.12. The van der Waals surface area contributed by atoms with E-state index >= 15 is 0 Å². The molecule has 12 heavy (non-hydrogen) atoms. The zero-order valence-electron chi connectivity index (χ0n) is 7.54. The number of hydrogen-bond donors (Lipinski definition) is 1. The first-order chi connectivity index (χ1) is 5.88. The maximum absolute atomic E-state index is 3.91. The molecule has 4 nitrogen and oxygen atoms in total. The maximum Gasteiger partial charge on any atom is 0.155 e. The lowest BCUT2D eigenvalue weighted by Crippen LogP contribution is -2.06. The van der Waals surface area contributed by atoms with Crippen molar-refractivity contribution in [3.05, 3.63) is 11.8 Å². The third-order valence-electron chi connectivity index (χ3n) is 1.64. The molecule has 1 rings (SSSR count). The molecular formula is C8H14N4. The lowest BCUT2D eigenvalue weighted by Gasteiger charge is -2.05. The van der Waals surface area contributed by atoms with Crippen molar-refractivity contribution < 1.29 is 0 Å². The molecule has 1 N–H and O–H groups in total. The number of nitrogens with one attached hydrogen (secondary N) is 1. The Kier molecular flexibility index (Phi) is 3.44. The largest absolute Gasteiger partial charge is 0.368 e. The average Bonchev–Trinajstić information content (AvgIpc) is 2.15. The van der Waals surface area contributed by atoms with E-state index in [-0.39, 0.29) is 0 Å². The lowest BCUT2D eigenvalue weighted by atomic mass is 10.2. The van der Waals surface area contributed by atoms with Crippen LogP contribution in [0.4, 0.5) is 5.82 Å². The van der Waals surface area contributed by atoms with E-state index in [0.29, 0.717) is 0 Å². The predicted molar refractivity (Wildman–Crippen MR) is 48.0 cm³/mol. The van der Waals surface area contributed by atoms with E-state index in [9.17, 15) is 0 Å². The quantitative estimate of drug-likeness (QED) is 0.731. The Morgan fingerprint density at radius 2 is 2.25 bits per heavy atom. The van der Waals surface area contributed by atoms with Crippen LogP contribution in [0.2, 0.25) is 0 Å². The van der Waals surface area contributed by atoms with Gasteiger partial charge in [-0.05, 0) is 18.1 Å². The molecule has 1 aromatic rings. The van der Waals surface area contributed by atoms with Crippen molar-refractivity contribution in [2.75, 3.05) is 11.9 Å². The first-order valence-electron chi connectivity index (χ1n) is 4.29. The van der Waals surface area contributed by atoms with Crippen molar-refractivity contribution in [1.29, 1.82) is 0 Å². The van der Waals surface area contributed by atoms with Crippen molar-refractivity contribution in [3.63, 3.8) is 0 Å². The van der Waals surface area contributed by atoms with Gasteiger partial charge >= 0.3 is 0 Å². The summed E-state index contributed by atoms with van der Waals surface area (Å²) in [6.45, 7) is 5.13.